The van der Waals surface area contributed by atoms with Crippen molar-refractivity contribution in [2.24, 2.45) is 0 Å². The molecule has 0 fully saturated rings. The summed E-state index contributed by atoms with van der Waals surface area (Å²) in [7, 11) is 0. The van der Waals surface area contributed by atoms with E-state index >= 15 is 0 Å². The Bertz CT molecular complexity index is 711. The van der Waals surface area contributed by atoms with Gasteiger partial charge in [-0.2, -0.15) is 10.2 Å². The maximum atomic E-state index is 5.98. The van der Waals surface area contributed by atoms with Gasteiger partial charge in [-0.15, -0.1) is 11.6 Å². The molecule has 0 aliphatic rings. The number of imidazole rings is 1. The summed E-state index contributed by atoms with van der Waals surface area (Å²) in [4.78, 5) is 4.54. The molecule has 3 aromatic rings. The van der Waals surface area contributed by atoms with Gasteiger partial charge in [-0.05, 0) is 30.3 Å². The normalized spacial score (nSPS) is 11.1. The van der Waals surface area contributed by atoms with E-state index in [1.165, 1.54) is 0 Å². The lowest BCUT2D eigenvalue weighted by molar-refractivity contribution is 0.740. The monoisotopic (exact) mass is 336 g/mol. The Hall–Kier alpha value is -1.46. The van der Waals surface area contributed by atoms with Crippen molar-refractivity contribution in [2.45, 2.75) is 12.4 Å². The Morgan fingerprint density at radius 2 is 2.16 bits per heavy atom. The lowest BCUT2D eigenvalue weighted by Crippen LogP contribution is -2.05. The van der Waals surface area contributed by atoms with E-state index in [0.29, 0.717) is 12.4 Å². The zero-order valence-electron chi connectivity index (χ0n) is 9.92. The molecule has 0 radical (unpaired) electrons. The topological polar surface area (TPSA) is 43.6 Å². The molecule has 0 atom stereocenters. The van der Waals surface area contributed by atoms with Gasteiger partial charge in [0, 0.05) is 10.7 Å². The standard InChI is InChI=1S/C13H10BrClN4/c14-9-3-4-12-11(6-9)17-13(7-15)19(12)8-10-2-1-5-16-18-10/h1-6H,7-8H2. The molecular formula is C13H10BrClN4. The first-order valence-electron chi connectivity index (χ1n) is 5.75. The number of hydrogen-bond acceptors (Lipinski definition) is 3. The van der Waals surface area contributed by atoms with E-state index < -0.39 is 0 Å². The van der Waals surface area contributed by atoms with E-state index in [2.05, 4.69) is 35.7 Å². The second-order valence-electron chi connectivity index (χ2n) is 4.10. The van der Waals surface area contributed by atoms with Crippen LogP contribution in [-0.4, -0.2) is 19.7 Å². The summed E-state index contributed by atoms with van der Waals surface area (Å²) in [5, 5.41) is 7.99. The fourth-order valence-electron chi connectivity index (χ4n) is 2.01. The predicted molar refractivity (Wildman–Crippen MR) is 78.1 cm³/mol. The first-order valence-corrected chi connectivity index (χ1v) is 7.08. The molecular weight excluding hydrogens is 328 g/mol. The van der Waals surface area contributed by atoms with Crippen LogP contribution in [0.4, 0.5) is 0 Å². The summed E-state index contributed by atoms with van der Waals surface area (Å²) in [5.74, 6) is 1.20. The summed E-state index contributed by atoms with van der Waals surface area (Å²) in [6.45, 7) is 0.619. The van der Waals surface area contributed by atoms with Gasteiger partial charge in [-0.25, -0.2) is 4.98 Å². The number of alkyl halides is 1. The Morgan fingerprint density at radius 1 is 1.26 bits per heavy atom. The number of rotatable bonds is 3. The quantitative estimate of drug-likeness (QED) is 0.688. The SMILES string of the molecule is ClCc1nc2cc(Br)ccc2n1Cc1cccnn1. The molecule has 4 nitrogen and oxygen atoms in total. The highest BCUT2D eigenvalue weighted by molar-refractivity contribution is 9.10. The number of nitrogens with zero attached hydrogens (tertiary/aromatic N) is 4. The molecule has 0 N–H and O–H groups in total. The third-order valence-corrected chi connectivity index (χ3v) is 3.59. The lowest BCUT2D eigenvalue weighted by atomic mass is 10.3. The second kappa shape index (κ2) is 5.27. The molecule has 6 heteroatoms. The van der Waals surface area contributed by atoms with Crippen molar-refractivity contribution in [3.05, 3.63) is 52.5 Å². The summed E-state index contributed by atoms with van der Waals surface area (Å²) >= 11 is 9.43. The van der Waals surface area contributed by atoms with Crippen LogP contribution in [0.5, 0.6) is 0 Å². The van der Waals surface area contributed by atoms with Crippen LogP contribution in [-0.2, 0) is 12.4 Å². The number of benzene rings is 1. The number of fused-ring (bicyclic) bond motifs is 1. The molecule has 0 saturated heterocycles. The molecule has 0 aliphatic heterocycles. The van der Waals surface area contributed by atoms with Crippen LogP contribution < -0.4 is 0 Å². The van der Waals surface area contributed by atoms with Gasteiger partial charge in [0.2, 0.25) is 0 Å². The molecule has 96 valence electrons. The molecule has 19 heavy (non-hydrogen) atoms. The van der Waals surface area contributed by atoms with Crippen LogP contribution in [0.15, 0.2) is 41.0 Å². The summed E-state index contributed by atoms with van der Waals surface area (Å²) in [6, 6.07) is 9.82. The van der Waals surface area contributed by atoms with Crippen LogP contribution in [0, 0.1) is 0 Å². The zero-order valence-corrected chi connectivity index (χ0v) is 12.3. The van der Waals surface area contributed by atoms with Gasteiger partial charge >= 0.3 is 0 Å². The van der Waals surface area contributed by atoms with Crippen molar-refractivity contribution < 1.29 is 0 Å². The number of halogens is 2. The Balaban J connectivity index is 2.11. The highest BCUT2D eigenvalue weighted by Crippen LogP contribution is 2.22. The third-order valence-electron chi connectivity index (χ3n) is 2.86. The molecule has 0 saturated carbocycles. The largest absolute Gasteiger partial charge is 0.321 e. The molecule has 1 aromatic carbocycles. The van der Waals surface area contributed by atoms with Crippen molar-refractivity contribution in [1.82, 2.24) is 19.7 Å². The van der Waals surface area contributed by atoms with Crippen molar-refractivity contribution in [2.75, 3.05) is 0 Å². The van der Waals surface area contributed by atoms with E-state index in [-0.39, 0.29) is 0 Å². The van der Waals surface area contributed by atoms with Crippen molar-refractivity contribution in [1.29, 1.82) is 0 Å². The van der Waals surface area contributed by atoms with Gasteiger partial charge in [0.25, 0.3) is 0 Å². The Morgan fingerprint density at radius 3 is 2.89 bits per heavy atom. The first kappa shape index (κ1) is 12.6. The Labute approximate surface area is 123 Å². The highest BCUT2D eigenvalue weighted by Gasteiger charge is 2.11. The zero-order chi connectivity index (χ0) is 13.2. The minimum atomic E-state index is 0.368. The predicted octanol–water partition coefficient (Wildman–Crippen LogP) is 3.38. The van der Waals surface area contributed by atoms with Gasteiger partial charge in [0.15, 0.2) is 0 Å². The van der Waals surface area contributed by atoms with Gasteiger partial charge in [0.1, 0.15) is 5.82 Å². The first-order chi connectivity index (χ1) is 9.28. The average Bonchev–Trinajstić information content (AvgIpc) is 2.77. The molecule has 0 aliphatic carbocycles. The number of aromatic nitrogens is 4. The van der Waals surface area contributed by atoms with Crippen molar-refractivity contribution >= 4 is 38.6 Å². The van der Waals surface area contributed by atoms with E-state index in [4.69, 9.17) is 11.6 Å². The molecule has 2 heterocycles. The van der Waals surface area contributed by atoms with Crippen LogP contribution in [0.3, 0.4) is 0 Å². The average molecular weight is 338 g/mol. The van der Waals surface area contributed by atoms with Crippen molar-refractivity contribution in [3.8, 4) is 0 Å². The maximum absolute atomic E-state index is 5.98. The van der Waals surface area contributed by atoms with Crippen LogP contribution in [0.2, 0.25) is 0 Å². The van der Waals surface area contributed by atoms with Gasteiger partial charge < -0.3 is 4.57 Å². The van der Waals surface area contributed by atoms with E-state index in [9.17, 15) is 0 Å². The fraction of sp³-hybridized carbons (Fsp3) is 0.154. The minimum absolute atomic E-state index is 0.368. The van der Waals surface area contributed by atoms with Crippen molar-refractivity contribution in [3.63, 3.8) is 0 Å². The number of hydrogen-bond donors (Lipinski definition) is 0. The fourth-order valence-corrected chi connectivity index (χ4v) is 2.56. The smallest absolute Gasteiger partial charge is 0.125 e. The Kier molecular flexibility index (Phi) is 3.48. The van der Waals surface area contributed by atoms with E-state index in [1.807, 2.05) is 30.3 Å². The molecule has 3 rings (SSSR count). The second-order valence-corrected chi connectivity index (χ2v) is 5.28. The minimum Gasteiger partial charge on any atom is -0.321 e. The lowest BCUT2D eigenvalue weighted by Gasteiger charge is -2.06. The highest BCUT2D eigenvalue weighted by atomic mass is 79.9. The van der Waals surface area contributed by atoms with E-state index in [1.54, 1.807) is 6.20 Å². The summed E-state index contributed by atoms with van der Waals surface area (Å²) in [6.07, 6.45) is 1.66. The molecule has 0 spiro atoms. The summed E-state index contributed by atoms with van der Waals surface area (Å²) < 4.78 is 3.07. The van der Waals surface area contributed by atoms with Crippen LogP contribution >= 0.6 is 27.5 Å². The van der Waals surface area contributed by atoms with Crippen LogP contribution in [0.1, 0.15) is 11.5 Å². The summed E-state index contributed by atoms with van der Waals surface area (Å²) in [5.41, 5.74) is 2.86. The molecule has 0 amide bonds. The van der Waals surface area contributed by atoms with Gasteiger partial charge in [-0.3, -0.25) is 0 Å². The molecule has 0 unspecified atom stereocenters. The maximum Gasteiger partial charge on any atom is 0.125 e. The van der Waals surface area contributed by atoms with Gasteiger partial charge in [0.05, 0.1) is 29.2 Å². The third kappa shape index (κ3) is 2.48. The molecule has 0 bridgehead atoms. The van der Waals surface area contributed by atoms with Crippen LogP contribution in [0.25, 0.3) is 11.0 Å². The van der Waals surface area contributed by atoms with E-state index in [0.717, 1.165) is 27.0 Å². The molecule has 2 aromatic heterocycles. The van der Waals surface area contributed by atoms with Gasteiger partial charge in [-0.1, -0.05) is 15.9 Å².